The quantitative estimate of drug-likeness (QED) is 0.493. The molecule has 0 bridgehead atoms. The highest BCUT2D eigenvalue weighted by Crippen LogP contribution is 2.15. The summed E-state index contributed by atoms with van der Waals surface area (Å²) in [7, 11) is 0. The molecule has 6 heteroatoms. The monoisotopic (exact) mass is 336 g/mol. The fraction of sp³-hybridized carbons (Fsp3) is 0.529. The molecule has 0 spiro atoms. The van der Waals surface area contributed by atoms with Gasteiger partial charge in [0.25, 0.3) is 0 Å². The molecule has 126 valence electrons. The summed E-state index contributed by atoms with van der Waals surface area (Å²) in [5.74, 6) is 1.25. The number of rotatable bonds is 5. The van der Waals surface area contributed by atoms with Gasteiger partial charge in [0, 0.05) is 36.8 Å². The van der Waals surface area contributed by atoms with Crippen molar-refractivity contribution in [2.45, 2.75) is 32.6 Å². The Hall–Kier alpha value is -1.75. The van der Waals surface area contributed by atoms with Crippen molar-refractivity contribution in [3.63, 3.8) is 0 Å². The van der Waals surface area contributed by atoms with Crippen LogP contribution in [-0.4, -0.2) is 36.4 Å². The number of halogens is 1. The van der Waals surface area contributed by atoms with Gasteiger partial charge in [-0.25, -0.2) is 0 Å². The van der Waals surface area contributed by atoms with E-state index in [0.29, 0.717) is 36.3 Å². The van der Waals surface area contributed by atoms with E-state index in [1.54, 1.807) is 24.3 Å². The average Bonchev–Trinajstić information content (AvgIpc) is 2.53. The molecule has 3 N–H and O–H groups in total. The molecule has 1 aromatic carbocycles. The van der Waals surface area contributed by atoms with Gasteiger partial charge in [0.15, 0.2) is 5.96 Å². The number of amides is 1. The van der Waals surface area contributed by atoms with Crippen molar-refractivity contribution in [3.8, 4) is 0 Å². The highest BCUT2D eigenvalue weighted by molar-refractivity contribution is 6.30. The number of likely N-dealkylation sites (tertiary alicyclic amines) is 1. The lowest BCUT2D eigenvalue weighted by molar-refractivity contribution is -0.116. The van der Waals surface area contributed by atoms with E-state index < -0.39 is 0 Å². The van der Waals surface area contributed by atoms with Crippen molar-refractivity contribution < 1.29 is 4.79 Å². The highest BCUT2D eigenvalue weighted by Gasteiger charge is 2.17. The van der Waals surface area contributed by atoms with Crippen molar-refractivity contribution in [3.05, 3.63) is 29.3 Å². The SMILES string of the molecule is CC1CCCN(C(N)=NCCCC(=O)Nc2ccc(Cl)cc2)C1. The van der Waals surface area contributed by atoms with E-state index in [4.69, 9.17) is 17.3 Å². The van der Waals surface area contributed by atoms with E-state index in [2.05, 4.69) is 22.1 Å². The molecule has 5 nitrogen and oxygen atoms in total. The topological polar surface area (TPSA) is 70.7 Å². The second-order valence-corrected chi connectivity index (χ2v) is 6.53. The summed E-state index contributed by atoms with van der Waals surface area (Å²) in [6.45, 7) is 4.77. The van der Waals surface area contributed by atoms with Gasteiger partial charge in [0.1, 0.15) is 0 Å². The summed E-state index contributed by atoms with van der Waals surface area (Å²) in [5.41, 5.74) is 6.78. The lowest BCUT2D eigenvalue weighted by atomic mass is 10.0. The molecule has 0 radical (unpaired) electrons. The molecular formula is C17H25ClN4O. The molecule has 1 saturated heterocycles. The molecule has 23 heavy (non-hydrogen) atoms. The Kier molecular flexibility index (Phi) is 6.71. The van der Waals surface area contributed by atoms with Crippen LogP contribution in [-0.2, 0) is 4.79 Å². The Labute approximate surface area is 142 Å². The maximum atomic E-state index is 11.9. The molecule has 0 aromatic heterocycles. The molecule has 2 rings (SSSR count). The first-order valence-corrected chi connectivity index (χ1v) is 8.52. The molecule has 1 atom stereocenters. The third kappa shape index (κ3) is 6.10. The predicted octanol–water partition coefficient (Wildman–Crippen LogP) is 3.11. The second-order valence-electron chi connectivity index (χ2n) is 6.09. The van der Waals surface area contributed by atoms with Gasteiger partial charge in [0.2, 0.25) is 5.91 Å². The van der Waals surface area contributed by atoms with Crippen LogP contribution in [0, 0.1) is 5.92 Å². The van der Waals surface area contributed by atoms with Crippen molar-refractivity contribution >= 4 is 29.2 Å². The molecule has 1 unspecified atom stereocenters. The number of nitrogens with zero attached hydrogens (tertiary/aromatic N) is 2. The maximum absolute atomic E-state index is 11.9. The molecule has 1 fully saturated rings. The predicted molar refractivity (Wildman–Crippen MR) is 95.8 cm³/mol. The lowest BCUT2D eigenvalue weighted by Gasteiger charge is -2.31. The van der Waals surface area contributed by atoms with Crippen LogP contribution >= 0.6 is 11.6 Å². The van der Waals surface area contributed by atoms with Crippen molar-refractivity contribution in [1.82, 2.24) is 4.90 Å². The van der Waals surface area contributed by atoms with Gasteiger partial charge >= 0.3 is 0 Å². The van der Waals surface area contributed by atoms with Crippen molar-refractivity contribution in [2.75, 3.05) is 25.0 Å². The number of nitrogens with two attached hydrogens (primary N) is 1. The number of carbonyl (C=O) groups excluding carboxylic acids is 1. The number of guanidine groups is 1. The summed E-state index contributed by atoms with van der Waals surface area (Å²) >= 11 is 5.81. The standard InChI is InChI=1S/C17H25ClN4O/c1-13-4-3-11-22(12-13)17(19)20-10-2-5-16(23)21-15-8-6-14(18)7-9-15/h6-9,13H,2-5,10-12H2,1H3,(H2,19,20)(H,21,23). The zero-order valence-corrected chi connectivity index (χ0v) is 14.4. The van der Waals surface area contributed by atoms with Crippen LogP contribution in [0.4, 0.5) is 5.69 Å². The molecule has 0 saturated carbocycles. The van der Waals surface area contributed by atoms with Gasteiger partial charge in [-0.05, 0) is 49.4 Å². The van der Waals surface area contributed by atoms with Gasteiger partial charge in [-0.15, -0.1) is 0 Å². The van der Waals surface area contributed by atoms with Crippen LogP contribution < -0.4 is 11.1 Å². The van der Waals surface area contributed by atoms with E-state index in [-0.39, 0.29) is 5.91 Å². The van der Waals surface area contributed by atoms with Gasteiger partial charge in [-0.1, -0.05) is 18.5 Å². The summed E-state index contributed by atoms with van der Waals surface area (Å²) in [6.07, 6.45) is 3.54. The Balaban J connectivity index is 1.68. The fourth-order valence-electron chi connectivity index (χ4n) is 2.69. The van der Waals surface area contributed by atoms with Crippen LogP contribution in [0.1, 0.15) is 32.6 Å². The number of nitrogens with one attached hydrogen (secondary N) is 1. The van der Waals surface area contributed by atoms with Gasteiger partial charge < -0.3 is 16.0 Å². The number of benzene rings is 1. The minimum atomic E-state index is -0.0207. The Morgan fingerprint density at radius 2 is 2.17 bits per heavy atom. The van der Waals surface area contributed by atoms with Crippen molar-refractivity contribution in [2.24, 2.45) is 16.6 Å². The maximum Gasteiger partial charge on any atom is 0.224 e. The van der Waals surface area contributed by atoms with Gasteiger partial charge in [0.05, 0.1) is 0 Å². The molecule has 1 aliphatic heterocycles. The molecule has 1 amide bonds. The summed E-state index contributed by atoms with van der Waals surface area (Å²) in [5, 5.41) is 3.49. The highest BCUT2D eigenvalue weighted by atomic mass is 35.5. The summed E-state index contributed by atoms with van der Waals surface area (Å²) in [6, 6.07) is 7.07. The van der Waals surface area contributed by atoms with E-state index >= 15 is 0 Å². The normalized spacial score (nSPS) is 18.8. The molecule has 1 aromatic rings. The first-order chi connectivity index (χ1) is 11.0. The number of aliphatic imine (C=N–C) groups is 1. The molecule has 1 heterocycles. The molecule has 0 aliphatic carbocycles. The molecular weight excluding hydrogens is 312 g/mol. The van der Waals surface area contributed by atoms with Crippen molar-refractivity contribution in [1.29, 1.82) is 0 Å². The number of hydrogen-bond donors (Lipinski definition) is 2. The Bertz CT molecular complexity index is 544. The number of piperidine rings is 1. The van der Waals surface area contributed by atoms with E-state index in [1.807, 2.05) is 0 Å². The zero-order chi connectivity index (χ0) is 16.7. The van der Waals surface area contributed by atoms with E-state index in [1.165, 1.54) is 12.8 Å². The van der Waals surface area contributed by atoms with E-state index in [0.717, 1.165) is 18.8 Å². The number of hydrogen-bond acceptors (Lipinski definition) is 2. The summed E-state index contributed by atoms with van der Waals surface area (Å²) in [4.78, 5) is 18.4. The lowest BCUT2D eigenvalue weighted by Crippen LogP contribution is -2.43. The summed E-state index contributed by atoms with van der Waals surface area (Å²) < 4.78 is 0. The average molecular weight is 337 g/mol. The number of anilines is 1. The first kappa shape index (κ1) is 17.6. The largest absolute Gasteiger partial charge is 0.370 e. The Morgan fingerprint density at radius 3 is 2.87 bits per heavy atom. The van der Waals surface area contributed by atoms with Crippen LogP contribution in [0.25, 0.3) is 0 Å². The minimum Gasteiger partial charge on any atom is -0.370 e. The second kappa shape index (κ2) is 8.77. The third-order valence-electron chi connectivity index (χ3n) is 3.94. The number of carbonyl (C=O) groups is 1. The smallest absolute Gasteiger partial charge is 0.224 e. The zero-order valence-electron chi connectivity index (χ0n) is 13.6. The Morgan fingerprint density at radius 1 is 1.43 bits per heavy atom. The van der Waals surface area contributed by atoms with Crippen LogP contribution in [0.3, 0.4) is 0 Å². The third-order valence-corrected chi connectivity index (χ3v) is 4.20. The first-order valence-electron chi connectivity index (χ1n) is 8.15. The molecule has 1 aliphatic rings. The van der Waals surface area contributed by atoms with Crippen LogP contribution in [0.5, 0.6) is 0 Å². The van der Waals surface area contributed by atoms with E-state index in [9.17, 15) is 4.79 Å². The van der Waals surface area contributed by atoms with Crippen LogP contribution in [0.15, 0.2) is 29.3 Å². The van der Waals surface area contributed by atoms with Crippen LogP contribution in [0.2, 0.25) is 5.02 Å². The van der Waals surface area contributed by atoms with Gasteiger partial charge in [-0.3, -0.25) is 9.79 Å². The minimum absolute atomic E-state index is 0.0207. The van der Waals surface area contributed by atoms with Gasteiger partial charge in [-0.2, -0.15) is 0 Å². The fourth-order valence-corrected chi connectivity index (χ4v) is 2.81.